The third-order valence-electron chi connectivity index (χ3n) is 7.39. The molecule has 4 saturated heterocycles. The van der Waals surface area contributed by atoms with Gasteiger partial charge >= 0.3 is 0 Å². The van der Waals surface area contributed by atoms with Gasteiger partial charge in [0.1, 0.15) is 0 Å². The van der Waals surface area contributed by atoms with Crippen LogP contribution in [0, 0.1) is 24.2 Å². The molecule has 0 aromatic carbocycles. The molecule has 0 bridgehead atoms. The molecular weight excluding hydrogens is 356 g/mol. The maximum Gasteiger partial charge on any atom is 0.226 e. The molecule has 5 rings (SSSR count). The van der Waals surface area contributed by atoms with Crippen LogP contribution >= 0.6 is 0 Å². The molecule has 4 aliphatic heterocycles. The van der Waals surface area contributed by atoms with Crippen LogP contribution in [0.5, 0.6) is 0 Å². The Balaban J connectivity index is 1.30. The van der Waals surface area contributed by atoms with Gasteiger partial charge in [-0.05, 0) is 43.6 Å². The zero-order valence-corrected chi connectivity index (χ0v) is 16.7. The van der Waals surface area contributed by atoms with Crippen LogP contribution in [0.15, 0.2) is 12.4 Å². The topological polar surface area (TPSA) is 67.8 Å². The zero-order chi connectivity index (χ0) is 19.1. The second kappa shape index (κ2) is 7.26. The molecule has 1 aromatic heterocycles. The molecule has 152 valence electrons. The average Bonchev–Trinajstić information content (AvgIpc) is 3.33. The number of piperidine rings is 1. The predicted octanol–water partition coefficient (Wildman–Crippen LogP) is 1.66. The Morgan fingerprint density at radius 3 is 2.54 bits per heavy atom. The van der Waals surface area contributed by atoms with E-state index in [1.165, 1.54) is 0 Å². The van der Waals surface area contributed by atoms with E-state index in [2.05, 4.69) is 19.8 Å². The van der Waals surface area contributed by atoms with E-state index in [4.69, 9.17) is 9.47 Å². The third-order valence-corrected chi connectivity index (χ3v) is 7.39. The van der Waals surface area contributed by atoms with Crippen molar-refractivity contribution in [1.82, 2.24) is 14.9 Å². The van der Waals surface area contributed by atoms with Crippen LogP contribution in [0.4, 0.5) is 5.95 Å². The molecule has 5 heterocycles. The first-order valence-electron chi connectivity index (χ1n) is 10.7. The summed E-state index contributed by atoms with van der Waals surface area (Å²) in [6.45, 7) is 7.73. The molecule has 0 radical (unpaired) electrons. The molecular formula is C21H30N4O3. The van der Waals surface area contributed by atoms with Crippen molar-refractivity contribution in [2.45, 2.75) is 38.6 Å². The number of ether oxygens (including phenoxy) is 2. The van der Waals surface area contributed by atoms with Crippen molar-refractivity contribution >= 4 is 11.9 Å². The summed E-state index contributed by atoms with van der Waals surface area (Å²) >= 11 is 0. The van der Waals surface area contributed by atoms with E-state index in [1.54, 1.807) is 0 Å². The lowest BCUT2D eigenvalue weighted by Gasteiger charge is -2.42. The van der Waals surface area contributed by atoms with Gasteiger partial charge in [-0.3, -0.25) is 4.79 Å². The van der Waals surface area contributed by atoms with E-state index in [9.17, 15) is 4.79 Å². The number of amides is 1. The van der Waals surface area contributed by atoms with Crippen LogP contribution < -0.4 is 4.90 Å². The lowest BCUT2D eigenvalue weighted by molar-refractivity contribution is -0.140. The maximum atomic E-state index is 13.3. The van der Waals surface area contributed by atoms with Gasteiger partial charge in [-0.15, -0.1) is 0 Å². The van der Waals surface area contributed by atoms with Crippen molar-refractivity contribution in [3.8, 4) is 0 Å². The van der Waals surface area contributed by atoms with Crippen molar-refractivity contribution in [2.24, 2.45) is 17.3 Å². The van der Waals surface area contributed by atoms with Gasteiger partial charge in [0, 0.05) is 57.1 Å². The van der Waals surface area contributed by atoms with Crippen LogP contribution in [0.2, 0.25) is 0 Å². The largest absolute Gasteiger partial charge is 0.381 e. The van der Waals surface area contributed by atoms with Gasteiger partial charge in [0.05, 0.1) is 19.3 Å². The Hall–Kier alpha value is -1.73. The summed E-state index contributed by atoms with van der Waals surface area (Å²) in [5.74, 6) is 1.77. The number of likely N-dealkylation sites (tertiary alicyclic amines) is 1. The number of anilines is 1. The lowest BCUT2D eigenvalue weighted by atomic mass is 9.70. The van der Waals surface area contributed by atoms with E-state index in [0.717, 1.165) is 63.4 Å². The molecule has 2 atom stereocenters. The second-order valence-electron chi connectivity index (χ2n) is 8.97. The van der Waals surface area contributed by atoms with Gasteiger partial charge in [0.2, 0.25) is 11.9 Å². The molecule has 1 aromatic rings. The lowest BCUT2D eigenvalue weighted by Crippen LogP contribution is -2.46. The third kappa shape index (κ3) is 3.08. The number of rotatable bonds is 2. The zero-order valence-electron chi connectivity index (χ0n) is 16.7. The van der Waals surface area contributed by atoms with Gasteiger partial charge in [-0.1, -0.05) is 0 Å². The van der Waals surface area contributed by atoms with Crippen molar-refractivity contribution in [3.63, 3.8) is 0 Å². The molecule has 1 spiro atoms. The van der Waals surface area contributed by atoms with E-state index in [-0.39, 0.29) is 17.4 Å². The highest BCUT2D eigenvalue weighted by Gasteiger charge is 2.57. The molecule has 7 nitrogen and oxygen atoms in total. The smallest absolute Gasteiger partial charge is 0.226 e. The van der Waals surface area contributed by atoms with E-state index in [0.29, 0.717) is 31.6 Å². The molecule has 0 saturated carbocycles. The highest BCUT2D eigenvalue weighted by molar-refractivity contribution is 5.80. The summed E-state index contributed by atoms with van der Waals surface area (Å²) in [6, 6.07) is 0.262. The van der Waals surface area contributed by atoms with E-state index >= 15 is 0 Å². The minimum absolute atomic E-state index is 0.131. The Labute approximate surface area is 166 Å². The first kappa shape index (κ1) is 18.3. The fraction of sp³-hybridized carbons (Fsp3) is 0.762. The van der Waals surface area contributed by atoms with Crippen LogP contribution in [0.1, 0.15) is 31.2 Å². The number of hydrogen-bond donors (Lipinski definition) is 0. The number of carbonyl (C=O) groups is 1. The Kier molecular flexibility index (Phi) is 4.75. The number of fused-ring (bicyclic) bond motifs is 2. The van der Waals surface area contributed by atoms with Gasteiger partial charge in [-0.2, -0.15) is 0 Å². The number of aromatic nitrogens is 2. The quantitative estimate of drug-likeness (QED) is 0.770. The van der Waals surface area contributed by atoms with Gasteiger partial charge in [0.25, 0.3) is 0 Å². The summed E-state index contributed by atoms with van der Waals surface area (Å²) in [7, 11) is 0. The summed E-state index contributed by atoms with van der Waals surface area (Å²) in [5, 5.41) is 0. The highest BCUT2D eigenvalue weighted by atomic mass is 16.5. The SMILES string of the molecule is Cc1cnc(N2CCC3(CC2)CN(C(=O)C2CCOCC2)[C@@H]2COC[C@@H]23)nc1. The number of aryl methyl sites for hydroxylation is 1. The normalized spacial score (nSPS) is 30.0. The van der Waals surface area contributed by atoms with Crippen molar-refractivity contribution in [2.75, 3.05) is 51.0 Å². The van der Waals surface area contributed by atoms with Crippen LogP contribution in [-0.4, -0.2) is 72.9 Å². The van der Waals surface area contributed by atoms with Crippen molar-refractivity contribution < 1.29 is 14.3 Å². The number of nitrogens with zero attached hydrogens (tertiary/aromatic N) is 4. The summed E-state index contributed by atoms with van der Waals surface area (Å²) < 4.78 is 11.3. The fourth-order valence-electron chi connectivity index (χ4n) is 5.66. The fourth-order valence-corrected chi connectivity index (χ4v) is 5.66. The van der Waals surface area contributed by atoms with Gasteiger partial charge in [-0.25, -0.2) is 9.97 Å². The molecule has 0 unspecified atom stereocenters. The highest BCUT2D eigenvalue weighted by Crippen LogP contribution is 2.50. The summed E-state index contributed by atoms with van der Waals surface area (Å²) in [6.07, 6.45) is 7.64. The Morgan fingerprint density at radius 2 is 1.82 bits per heavy atom. The Bertz CT molecular complexity index is 711. The van der Waals surface area contributed by atoms with Crippen LogP contribution in [0.25, 0.3) is 0 Å². The molecule has 0 N–H and O–H groups in total. The molecule has 1 amide bonds. The molecule has 4 fully saturated rings. The summed E-state index contributed by atoms with van der Waals surface area (Å²) in [5.41, 5.74) is 1.27. The molecule has 7 heteroatoms. The molecule has 28 heavy (non-hydrogen) atoms. The maximum absolute atomic E-state index is 13.3. The van der Waals surface area contributed by atoms with Crippen molar-refractivity contribution in [1.29, 1.82) is 0 Å². The van der Waals surface area contributed by atoms with E-state index in [1.807, 2.05) is 19.3 Å². The number of carbonyl (C=O) groups excluding carboxylic acids is 1. The monoisotopic (exact) mass is 386 g/mol. The Morgan fingerprint density at radius 1 is 1.11 bits per heavy atom. The standard InChI is InChI=1S/C21H30N4O3/c1-15-10-22-20(23-11-15)24-6-4-21(5-7-24)14-25(18-13-28-12-17(18)21)19(26)16-2-8-27-9-3-16/h10-11,16-18H,2-9,12-14H2,1H3/t17-,18+/m0/s1. The first-order valence-corrected chi connectivity index (χ1v) is 10.7. The van der Waals surface area contributed by atoms with Crippen LogP contribution in [-0.2, 0) is 14.3 Å². The van der Waals surface area contributed by atoms with E-state index < -0.39 is 0 Å². The van der Waals surface area contributed by atoms with Crippen molar-refractivity contribution in [3.05, 3.63) is 18.0 Å². The summed E-state index contributed by atoms with van der Waals surface area (Å²) in [4.78, 5) is 26.8. The molecule has 4 aliphatic rings. The minimum atomic E-state index is 0.131. The van der Waals surface area contributed by atoms with Gasteiger partial charge < -0.3 is 19.3 Å². The molecule has 0 aliphatic carbocycles. The average molecular weight is 386 g/mol. The number of hydrogen-bond acceptors (Lipinski definition) is 6. The first-order chi connectivity index (χ1) is 13.7. The van der Waals surface area contributed by atoms with Crippen LogP contribution in [0.3, 0.4) is 0 Å². The second-order valence-corrected chi connectivity index (χ2v) is 8.97. The minimum Gasteiger partial charge on any atom is -0.381 e. The predicted molar refractivity (Wildman–Crippen MR) is 104 cm³/mol. The van der Waals surface area contributed by atoms with Gasteiger partial charge in [0.15, 0.2) is 0 Å².